The van der Waals surface area contributed by atoms with Gasteiger partial charge in [-0.15, -0.1) is 0 Å². The molecule has 0 aromatic heterocycles. The summed E-state index contributed by atoms with van der Waals surface area (Å²) in [5, 5.41) is 10.6. The van der Waals surface area contributed by atoms with Crippen molar-refractivity contribution < 1.29 is 80.2 Å². The Labute approximate surface area is 620 Å². The van der Waals surface area contributed by atoms with Gasteiger partial charge in [-0.1, -0.05) is 305 Å². The van der Waals surface area contributed by atoms with Crippen molar-refractivity contribution in [3.63, 3.8) is 0 Å². The van der Waals surface area contributed by atoms with E-state index >= 15 is 0 Å². The summed E-state index contributed by atoms with van der Waals surface area (Å²) in [5.41, 5.74) is 0. The predicted molar refractivity (Wildman–Crippen MR) is 418 cm³/mol. The van der Waals surface area contributed by atoms with Gasteiger partial charge in [0.2, 0.25) is 0 Å². The second kappa shape index (κ2) is 75.2. The number of carbonyl (C=O) groups is 4. The van der Waals surface area contributed by atoms with Crippen molar-refractivity contribution in [3.05, 3.63) is 97.2 Å². The predicted octanol–water partition coefficient (Wildman–Crippen LogP) is 23.6. The first kappa shape index (κ1) is 98.0. The van der Waals surface area contributed by atoms with Crippen LogP contribution in [-0.4, -0.2) is 96.7 Å². The van der Waals surface area contributed by atoms with Crippen LogP contribution in [0.4, 0.5) is 0 Å². The quantitative estimate of drug-likeness (QED) is 0.0169. The van der Waals surface area contributed by atoms with E-state index in [1.165, 1.54) is 116 Å². The smallest absolute Gasteiger partial charge is 0.462 e. The summed E-state index contributed by atoms with van der Waals surface area (Å²) >= 11 is 0. The summed E-state index contributed by atoms with van der Waals surface area (Å²) in [6, 6.07) is 0. The topological polar surface area (TPSA) is 237 Å². The second-order valence-electron chi connectivity index (χ2n) is 27.0. The SMILES string of the molecule is CC/C=C\C/C=C\C/C=C\C/C=C\C/C=C\C/C=C\CCC(=O)OC[C@H](COP(=O)(O)OC[C@@H](O)COP(=O)(O)OC[C@@H](COC(=O)CCCCCCCCC/C=C\CCCCCC)OC(=O)CCCCCCCCCCCCCCC)OC(=O)CCCCCCCCC/C=C\CCCCCC. The Balaban J connectivity index is 5.39. The molecule has 0 aliphatic rings. The fourth-order valence-electron chi connectivity index (χ4n) is 10.9. The summed E-state index contributed by atoms with van der Waals surface area (Å²) in [6.45, 7) is 4.69. The Bertz CT molecular complexity index is 2310. The Morgan fingerprint density at radius 2 is 0.529 bits per heavy atom. The molecule has 0 aromatic rings. The molecule has 2 unspecified atom stereocenters. The third-order valence-electron chi connectivity index (χ3n) is 17.0. The molecule has 3 N–H and O–H groups in total. The van der Waals surface area contributed by atoms with Crippen molar-refractivity contribution in [2.75, 3.05) is 39.6 Å². The van der Waals surface area contributed by atoms with Crippen LogP contribution in [0.5, 0.6) is 0 Å². The maximum atomic E-state index is 13.1. The highest BCUT2D eigenvalue weighted by molar-refractivity contribution is 7.47. The molecule has 0 rings (SSSR count). The lowest BCUT2D eigenvalue weighted by Crippen LogP contribution is -2.30. The molecule has 0 saturated heterocycles. The normalized spacial score (nSPS) is 14.4. The van der Waals surface area contributed by atoms with Crippen molar-refractivity contribution in [1.29, 1.82) is 0 Å². The van der Waals surface area contributed by atoms with Gasteiger partial charge in [0.05, 0.1) is 26.4 Å². The number of allylic oxidation sites excluding steroid dienone is 16. The number of phosphoric ester groups is 2. The van der Waals surface area contributed by atoms with E-state index in [0.717, 1.165) is 148 Å². The first-order valence-corrected chi connectivity index (χ1v) is 43.5. The maximum absolute atomic E-state index is 13.1. The average Bonchev–Trinajstić information content (AvgIpc) is 0.924. The molecule has 17 nitrogen and oxygen atoms in total. The van der Waals surface area contributed by atoms with E-state index in [2.05, 4.69) is 107 Å². The zero-order chi connectivity index (χ0) is 74.6. The third kappa shape index (κ3) is 74.3. The first-order valence-electron chi connectivity index (χ1n) is 40.5. The highest BCUT2D eigenvalue weighted by atomic mass is 31.2. The molecule has 0 fully saturated rings. The zero-order valence-corrected chi connectivity index (χ0v) is 66.3. The molecule has 0 saturated carbocycles. The Hall–Kier alpha value is -4.02. The van der Waals surface area contributed by atoms with Gasteiger partial charge in [0, 0.05) is 25.7 Å². The van der Waals surface area contributed by atoms with E-state index in [1.54, 1.807) is 0 Å². The number of carbonyl (C=O) groups excluding carboxylic acids is 4. The number of rotatable bonds is 76. The van der Waals surface area contributed by atoms with Crippen molar-refractivity contribution in [2.45, 2.75) is 367 Å². The molecular formula is C83H146O17P2. The summed E-state index contributed by atoms with van der Waals surface area (Å²) in [6.07, 6.45) is 79.6. The molecule has 0 bridgehead atoms. The lowest BCUT2D eigenvalue weighted by molar-refractivity contribution is -0.161. The largest absolute Gasteiger partial charge is 0.472 e. The number of hydrogen-bond donors (Lipinski definition) is 3. The van der Waals surface area contributed by atoms with Crippen LogP contribution in [0.25, 0.3) is 0 Å². The van der Waals surface area contributed by atoms with Gasteiger partial charge in [-0.25, -0.2) is 9.13 Å². The van der Waals surface area contributed by atoms with Crippen LogP contribution in [0, 0.1) is 0 Å². The van der Waals surface area contributed by atoms with Gasteiger partial charge in [0.15, 0.2) is 12.2 Å². The Morgan fingerprint density at radius 3 is 0.853 bits per heavy atom. The summed E-state index contributed by atoms with van der Waals surface area (Å²) in [5.74, 6) is -2.26. The third-order valence-corrected chi connectivity index (χ3v) is 18.9. The van der Waals surface area contributed by atoms with E-state index in [0.29, 0.717) is 32.1 Å². The number of phosphoric acid groups is 2. The van der Waals surface area contributed by atoms with Crippen LogP contribution in [-0.2, 0) is 65.4 Å². The Kier molecular flexibility index (Phi) is 72.3. The van der Waals surface area contributed by atoms with Gasteiger partial charge in [-0.05, 0) is 116 Å². The number of hydrogen-bond acceptors (Lipinski definition) is 15. The molecule has 5 atom stereocenters. The van der Waals surface area contributed by atoms with Crippen LogP contribution < -0.4 is 0 Å². The number of unbranched alkanes of at least 4 members (excludes halogenated alkanes) is 34. The van der Waals surface area contributed by atoms with E-state index in [4.69, 9.17) is 37.0 Å². The standard InChI is InChI=1S/C83H146O17P2/c1-5-9-13-17-21-25-29-33-36-37-38-39-42-45-48-52-56-60-64-68-81(86)94-74-79(100-83(88)70-66-62-58-54-50-46-41-35-31-27-23-19-15-11-7-3)76-98-102(91,92)96-72-77(84)71-95-101(89,90)97-75-78(99-82(87)69-65-61-57-53-49-43-32-28-24-20-16-12-8-4)73-93-80(85)67-63-59-55-51-47-44-40-34-30-26-22-18-14-10-6-2/h9,13,21,25-27,30-31,33,36,38-39,45,48,56,60,77-79,84H,5-8,10-12,14-20,22-24,28-29,32,34-35,37,40-44,46-47,49-55,57-59,61-76H2,1-4H3,(H,89,90)(H,91,92)/b13-9-,25-21-,30-26-,31-27-,36-33-,39-38-,48-45-,60-56-/t77-,78+,79+/m0/s1. The lowest BCUT2D eigenvalue weighted by atomic mass is 10.0. The van der Waals surface area contributed by atoms with Gasteiger partial charge in [0.25, 0.3) is 0 Å². The van der Waals surface area contributed by atoms with Crippen molar-refractivity contribution in [1.82, 2.24) is 0 Å². The lowest BCUT2D eigenvalue weighted by Gasteiger charge is -2.21. The van der Waals surface area contributed by atoms with Crippen molar-refractivity contribution in [2.24, 2.45) is 0 Å². The molecule has 0 heterocycles. The van der Waals surface area contributed by atoms with Crippen LogP contribution in [0.2, 0.25) is 0 Å². The molecular weight excluding hydrogens is 1330 g/mol. The number of aliphatic hydroxyl groups excluding tert-OH is 1. The van der Waals surface area contributed by atoms with Gasteiger partial charge in [0.1, 0.15) is 19.3 Å². The summed E-state index contributed by atoms with van der Waals surface area (Å²) < 4.78 is 68.6. The van der Waals surface area contributed by atoms with E-state index in [1.807, 2.05) is 18.2 Å². The van der Waals surface area contributed by atoms with Gasteiger partial charge in [-0.3, -0.25) is 37.3 Å². The van der Waals surface area contributed by atoms with Gasteiger partial charge < -0.3 is 33.8 Å². The van der Waals surface area contributed by atoms with Gasteiger partial charge >= 0.3 is 39.5 Å². The molecule has 0 aliphatic carbocycles. The maximum Gasteiger partial charge on any atom is 0.472 e. The van der Waals surface area contributed by atoms with Crippen molar-refractivity contribution >= 4 is 39.5 Å². The van der Waals surface area contributed by atoms with E-state index < -0.39 is 97.5 Å². The minimum absolute atomic E-state index is 0.0362. The first-order chi connectivity index (χ1) is 49.7. The van der Waals surface area contributed by atoms with Crippen LogP contribution in [0.1, 0.15) is 349 Å². The molecule has 590 valence electrons. The molecule has 102 heavy (non-hydrogen) atoms. The molecule has 0 aromatic carbocycles. The molecule has 0 radical (unpaired) electrons. The molecule has 0 amide bonds. The zero-order valence-electron chi connectivity index (χ0n) is 64.5. The fourth-order valence-corrected chi connectivity index (χ4v) is 12.5. The van der Waals surface area contributed by atoms with E-state index in [-0.39, 0.29) is 25.7 Å². The average molecular weight is 1480 g/mol. The molecule has 0 spiro atoms. The molecule has 0 aliphatic heterocycles. The summed E-state index contributed by atoms with van der Waals surface area (Å²) in [4.78, 5) is 73.0. The minimum atomic E-state index is -4.99. The van der Waals surface area contributed by atoms with Crippen LogP contribution in [0.15, 0.2) is 97.2 Å². The van der Waals surface area contributed by atoms with Crippen molar-refractivity contribution in [3.8, 4) is 0 Å². The molecule has 19 heteroatoms. The van der Waals surface area contributed by atoms with Crippen LogP contribution >= 0.6 is 15.6 Å². The highest BCUT2D eigenvalue weighted by Gasteiger charge is 2.30. The second-order valence-corrected chi connectivity index (χ2v) is 29.9. The minimum Gasteiger partial charge on any atom is -0.462 e. The number of aliphatic hydroxyl groups is 1. The highest BCUT2D eigenvalue weighted by Crippen LogP contribution is 2.45. The number of ether oxygens (including phenoxy) is 4. The monoisotopic (exact) mass is 1480 g/mol. The van der Waals surface area contributed by atoms with Crippen LogP contribution in [0.3, 0.4) is 0 Å². The summed E-state index contributed by atoms with van der Waals surface area (Å²) in [7, 11) is -9.97. The Morgan fingerprint density at radius 1 is 0.284 bits per heavy atom. The fraction of sp³-hybridized carbons (Fsp3) is 0.759. The van der Waals surface area contributed by atoms with E-state index in [9.17, 15) is 43.2 Å². The van der Waals surface area contributed by atoms with Gasteiger partial charge in [-0.2, -0.15) is 0 Å². The number of esters is 4.